The lowest BCUT2D eigenvalue weighted by Crippen LogP contribution is -2.46. The van der Waals surface area contributed by atoms with Crippen molar-refractivity contribution >= 4 is 16.9 Å². The van der Waals surface area contributed by atoms with Crippen molar-refractivity contribution in [2.24, 2.45) is 0 Å². The summed E-state index contributed by atoms with van der Waals surface area (Å²) in [6.07, 6.45) is 4.36. The molecule has 8 nitrogen and oxygen atoms in total. The van der Waals surface area contributed by atoms with Gasteiger partial charge in [-0.25, -0.2) is 19.6 Å². The summed E-state index contributed by atoms with van der Waals surface area (Å²) in [6, 6.07) is 5.50. The number of hydrogen-bond acceptors (Lipinski definition) is 7. The van der Waals surface area contributed by atoms with E-state index in [-0.39, 0.29) is 0 Å². The summed E-state index contributed by atoms with van der Waals surface area (Å²) in [5.41, 5.74) is 4.87. The van der Waals surface area contributed by atoms with Crippen molar-refractivity contribution in [3.63, 3.8) is 0 Å². The van der Waals surface area contributed by atoms with Crippen molar-refractivity contribution < 1.29 is 13.2 Å². The monoisotopic (exact) mass is 439 g/mol. The number of fused-ring (bicyclic) bond motifs is 1. The van der Waals surface area contributed by atoms with Gasteiger partial charge in [0, 0.05) is 49.2 Å². The molecule has 0 bridgehead atoms. The first-order valence-corrected chi connectivity index (χ1v) is 10.5. The zero-order chi connectivity index (χ0) is 22.2. The van der Waals surface area contributed by atoms with Crippen molar-refractivity contribution in [3.8, 4) is 11.1 Å². The molecule has 0 amide bonds. The van der Waals surface area contributed by atoms with Crippen LogP contribution in [0.2, 0.25) is 0 Å². The van der Waals surface area contributed by atoms with E-state index in [1.807, 2.05) is 25.1 Å². The maximum absolute atomic E-state index is 12.8. The van der Waals surface area contributed by atoms with E-state index in [2.05, 4.69) is 36.8 Å². The van der Waals surface area contributed by atoms with Crippen LogP contribution in [0.3, 0.4) is 0 Å². The highest BCUT2D eigenvalue weighted by molar-refractivity contribution is 5.79. The lowest BCUT2D eigenvalue weighted by atomic mass is 10.1. The molecular weight excluding hydrogens is 416 g/mol. The first-order valence-electron chi connectivity index (χ1n) is 10.5. The highest BCUT2D eigenvalue weighted by Gasteiger charge is 2.21. The maximum atomic E-state index is 12.8. The molecule has 166 valence electrons. The van der Waals surface area contributed by atoms with Crippen molar-refractivity contribution in [3.05, 3.63) is 54.1 Å². The Morgan fingerprint density at radius 1 is 1.06 bits per heavy atom. The summed E-state index contributed by atoms with van der Waals surface area (Å²) in [7, 11) is 0. The van der Waals surface area contributed by atoms with Crippen LogP contribution in [0.15, 0.2) is 41.3 Å². The van der Waals surface area contributed by atoms with E-state index in [1.54, 1.807) is 6.33 Å². The lowest BCUT2D eigenvalue weighted by Gasteiger charge is -2.35. The molecule has 0 saturated carbocycles. The van der Waals surface area contributed by atoms with Gasteiger partial charge in [-0.2, -0.15) is 13.9 Å². The second-order valence-corrected chi connectivity index (χ2v) is 7.95. The molecule has 1 aliphatic rings. The fourth-order valence-corrected chi connectivity index (χ4v) is 3.97. The Bertz CT molecular complexity index is 1240. The minimum Gasteiger partial charge on any atom is -0.439 e. The van der Waals surface area contributed by atoms with Crippen molar-refractivity contribution in [2.75, 3.05) is 31.1 Å². The fourth-order valence-electron chi connectivity index (χ4n) is 3.97. The lowest BCUT2D eigenvalue weighted by molar-refractivity contribution is 0.0566. The molecular formula is C22H23F2N7O. The second kappa shape index (κ2) is 8.27. The van der Waals surface area contributed by atoms with E-state index in [4.69, 9.17) is 4.42 Å². The molecule has 10 heteroatoms. The van der Waals surface area contributed by atoms with E-state index in [9.17, 15) is 8.78 Å². The third kappa shape index (κ3) is 3.93. The van der Waals surface area contributed by atoms with Crippen LogP contribution in [0.5, 0.6) is 0 Å². The molecule has 5 rings (SSSR count). The van der Waals surface area contributed by atoms with E-state index >= 15 is 0 Å². The average Bonchev–Trinajstić information content (AvgIpc) is 3.43. The van der Waals surface area contributed by atoms with Crippen LogP contribution in [-0.4, -0.2) is 55.8 Å². The number of hydrogen-bond donors (Lipinski definition) is 0. The molecule has 1 aromatic carbocycles. The molecule has 0 aliphatic carbocycles. The molecule has 0 spiro atoms. The standard InChI is InChI=1S/C22H23F2N7O/c1-14-15(2)25-13-26-21(14)30-7-5-29(6-8-30)12-20-28-18-4-3-16(9-19(18)32-20)17-10-27-31(11-17)22(23)24/h3-4,9-11,13,22H,5-8,12H2,1-2H3. The summed E-state index contributed by atoms with van der Waals surface area (Å²) >= 11 is 0. The molecule has 0 atom stereocenters. The number of halogens is 2. The number of nitrogens with zero attached hydrogens (tertiary/aromatic N) is 7. The predicted octanol–water partition coefficient (Wildman–Crippen LogP) is 3.82. The summed E-state index contributed by atoms with van der Waals surface area (Å²) in [6.45, 7) is 5.50. The Kier molecular flexibility index (Phi) is 5.30. The zero-order valence-corrected chi connectivity index (χ0v) is 17.9. The Morgan fingerprint density at radius 2 is 1.88 bits per heavy atom. The molecule has 0 radical (unpaired) electrons. The van der Waals surface area contributed by atoms with Gasteiger partial charge in [0.2, 0.25) is 5.89 Å². The molecule has 0 unspecified atom stereocenters. The number of aromatic nitrogens is 5. The van der Waals surface area contributed by atoms with Gasteiger partial charge in [-0.3, -0.25) is 4.90 Å². The number of alkyl halides is 2. The van der Waals surface area contributed by atoms with Gasteiger partial charge in [0.05, 0.1) is 12.7 Å². The maximum Gasteiger partial charge on any atom is 0.333 e. The topological polar surface area (TPSA) is 76.1 Å². The third-order valence-electron chi connectivity index (χ3n) is 5.91. The zero-order valence-electron chi connectivity index (χ0n) is 17.9. The Hall–Kier alpha value is -3.40. The normalized spacial score (nSPS) is 15.2. The van der Waals surface area contributed by atoms with Gasteiger partial charge < -0.3 is 9.32 Å². The smallest absolute Gasteiger partial charge is 0.333 e. The van der Waals surface area contributed by atoms with Gasteiger partial charge >= 0.3 is 6.55 Å². The highest BCUT2D eigenvalue weighted by Crippen LogP contribution is 2.26. The minimum atomic E-state index is -2.66. The van der Waals surface area contributed by atoms with Gasteiger partial charge in [-0.1, -0.05) is 6.07 Å². The van der Waals surface area contributed by atoms with E-state index in [0.29, 0.717) is 28.3 Å². The Morgan fingerprint density at radius 3 is 2.62 bits per heavy atom. The van der Waals surface area contributed by atoms with Crippen LogP contribution in [-0.2, 0) is 6.54 Å². The number of rotatable bonds is 5. The van der Waals surface area contributed by atoms with Crippen LogP contribution in [0.1, 0.15) is 23.7 Å². The molecule has 1 saturated heterocycles. The number of oxazole rings is 1. The first-order chi connectivity index (χ1) is 15.5. The Labute approximate surface area is 183 Å². The molecule has 32 heavy (non-hydrogen) atoms. The number of piperazine rings is 1. The Balaban J connectivity index is 1.26. The van der Waals surface area contributed by atoms with E-state index in [1.165, 1.54) is 12.4 Å². The number of aryl methyl sites for hydroxylation is 1. The summed E-state index contributed by atoms with van der Waals surface area (Å²) < 4.78 is 32.2. The SMILES string of the molecule is Cc1ncnc(N2CCN(Cc3nc4ccc(-c5cnn(C(F)F)c5)cc4o3)CC2)c1C. The molecule has 4 heterocycles. The minimum absolute atomic E-state index is 0.608. The van der Waals surface area contributed by atoms with Crippen molar-refractivity contribution in [1.29, 1.82) is 0 Å². The van der Waals surface area contributed by atoms with Crippen LogP contribution >= 0.6 is 0 Å². The quantitative estimate of drug-likeness (QED) is 0.468. The molecule has 1 aliphatic heterocycles. The van der Waals surface area contributed by atoms with Crippen LogP contribution < -0.4 is 4.90 Å². The number of anilines is 1. The van der Waals surface area contributed by atoms with Gasteiger partial charge in [0.15, 0.2) is 5.58 Å². The van der Waals surface area contributed by atoms with Crippen LogP contribution in [0.4, 0.5) is 14.6 Å². The van der Waals surface area contributed by atoms with Gasteiger partial charge in [0.1, 0.15) is 17.7 Å². The predicted molar refractivity (Wildman–Crippen MR) is 115 cm³/mol. The second-order valence-electron chi connectivity index (χ2n) is 7.95. The summed E-state index contributed by atoms with van der Waals surface area (Å²) in [4.78, 5) is 17.9. The molecule has 0 N–H and O–H groups in total. The van der Waals surface area contributed by atoms with Crippen LogP contribution in [0.25, 0.3) is 22.2 Å². The first kappa shape index (κ1) is 20.5. The van der Waals surface area contributed by atoms with Gasteiger partial charge in [-0.15, -0.1) is 0 Å². The van der Waals surface area contributed by atoms with Crippen molar-refractivity contribution in [1.82, 2.24) is 29.6 Å². The average molecular weight is 439 g/mol. The summed E-state index contributed by atoms with van der Waals surface area (Å²) in [5.74, 6) is 1.64. The molecule has 1 fully saturated rings. The van der Waals surface area contributed by atoms with E-state index in [0.717, 1.165) is 54.3 Å². The molecule has 4 aromatic rings. The van der Waals surface area contributed by atoms with Crippen molar-refractivity contribution in [2.45, 2.75) is 26.9 Å². The van der Waals surface area contributed by atoms with Gasteiger partial charge in [-0.05, 0) is 31.5 Å². The fraction of sp³-hybridized carbons (Fsp3) is 0.364. The van der Waals surface area contributed by atoms with Gasteiger partial charge in [0.25, 0.3) is 0 Å². The largest absolute Gasteiger partial charge is 0.439 e. The summed E-state index contributed by atoms with van der Waals surface area (Å²) in [5, 5.41) is 3.69. The molecule has 3 aromatic heterocycles. The highest BCUT2D eigenvalue weighted by atomic mass is 19.3. The van der Waals surface area contributed by atoms with Crippen LogP contribution in [0, 0.1) is 13.8 Å². The third-order valence-corrected chi connectivity index (χ3v) is 5.91. The van der Waals surface area contributed by atoms with E-state index < -0.39 is 6.55 Å². The number of benzene rings is 1.